The van der Waals surface area contributed by atoms with Crippen molar-refractivity contribution >= 4 is 5.91 Å². The van der Waals surface area contributed by atoms with Gasteiger partial charge in [-0.25, -0.2) is 0 Å². The van der Waals surface area contributed by atoms with Crippen LogP contribution in [-0.4, -0.2) is 37.0 Å². The first-order valence-corrected chi connectivity index (χ1v) is 7.14. The first-order chi connectivity index (χ1) is 9.11. The average molecular weight is 260 g/mol. The molecule has 1 aromatic rings. The van der Waals surface area contributed by atoms with E-state index >= 15 is 0 Å². The van der Waals surface area contributed by atoms with E-state index in [1.807, 2.05) is 24.9 Å². The second-order valence-electron chi connectivity index (χ2n) is 5.55. The summed E-state index contributed by atoms with van der Waals surface area (Å²) in [5, 5.41) is 3.28. The zero-order valence-electron chi connectivity index (χ0n) is 12.1. The van der Waals surface area contributed by atoms with Crippen LogP contribution in [0.2, 0.25) is 0 Å². The molecule has 104 valence electrons. The van der Waals surface area contributed by atoms with E-state index in [-0.39, 0.29) is 11.8 Å². The zero-order chi connectivity index (χ0) is 13.8. The van der Waals surface area contributed by atoms with Gasteiger partial charge in [-0.3, -0.25) is 4.79 Å². The second kappa shape index (κ2) is 6.20. The molecule has 0 aliphatic carbocycles. The highest BCUT2D eigenvalue weighted by atomic mass is 16.2. The van der Waals surface area contributed by atoms with Crippen LogP contribution >= 0.6 is 0 Å². The molecule has 2 unspecified atom stereocenters. The van der Waals surface area contributed by atoms with Crippen molar-refractivity contribution < 1.29 is 4.79 Å². The first kappa shape index (κ1) is 14.1. The number of carbonyl (C=O) groups excluding carboxylic acids is 1. The average Bonchev–Trinajstić information content (AvgIpc) is 2.45. The van der Waals surface area contributed by atoms with Crippen LogP contribution < -0.4 is 5.32 Å². The third-order valence-electron chi connectivity index (χ3n) is 4.05. The molecular weight excluding hydrogens is 236 g/mol. The minimum absolute atomic E-state index is 0.0458. The van der Waals surface area contributed by atoms with E-state index < -0.39 is 0 Å². The summed E-state index contributed by atoms with van der Waals surface area (Å²) < 4.78 is 0. The van der Waals surface area contributed by atoms with Gasteiger partial charge in [0.25, 0.3) is 0 Å². The fraction of sp³-hybridized carbons (Fsp3) is 0.562. The van der Waals surface area contributed by atoms with E-state index in [1.165, 1.54) is 12.0 Å². The van der Waals surface area contributed by atoms with Gasteiger partial charge in [-0.2, -0.15) is 0 Å². The third kappa shape index (κ3) is 3.35. The Bertz CT molecular complexity index is 444. The van der Waals surface area contributed by atoms with Crippen LogP contribution in [-0.2, 0) is 4.79 Å². The Morgan fingerprint density at radius 2 is 2.26 bits per heavy atom. The number of hydrogen-bond acceptors (Lipinski definition) is 2. The number of likely N-dealkylation sites (tertiary alicyclic amines) is 1. The lowest BCUT2D eigenvalue weighted by molar-refractivity contribution is -0.133. The van der Waals surface area contributed by atoms with Crippen molar-refractivity contribution in [2.75, 3.05) is 20.1 Å². The minimum Gasteiger partial charge on any atom is -0.341 e. The number of amides is 1. The molecule has 0 spiro atoms. The van der Waals surface area contributed by atoms with Crippen LogP contribution in [0.5, 0.6) is 0 Å². The normalized spacial score (nSPS) is 21.2. The molecule has 0 bridgehead atoms. The van der Waals surface area contributed by atoms with E-state index in [1.54, 1.807) is 0 Å². The molecule has 1 heterocycles. The number of benzene rings is 1. The summed E-state index contributed by atoms with van der Waals surface area (Å²) in [6, 6.07) is 8.71. The maximum atomic E-state index is 12.6. The van der Waals surface area contributed by atoms with Crippen LogP contribution in [0.15, 0.2) is 24.3 Å². The Balaban J connectivity index is 2.06. The largest absolute Gasteiger partial charge is 0.341 e. The molecule has 2 rings (SSSR count). The van der Waals surface area contributed by atoms with Gasteiger partial charge in [0.05, 0.1) is 5.92 Å². The number of nitrogens with one attached hydrogen (secondary N) is 1. The van der Waals surface area contributed by atoms with Crippen molar-refractivity contribution in [1.82, 2.24) is 10.2 Å². The first-order valence-electron chi connectivity index (χ1n) is 7.14. The Morgan fingerprint density at radius 1 is 1.47 bits per heavy atom. The van der Waals surface area contributed by atoms with Gasteiger partial charge in [0.15, 0.2) is 0 Å². The quantitative estimate of drug-likeness (QED) is 0.904. The second-order valence-corrected chi connectivity index (χ2v) is 5.55. The van der Waals surface area contributed by atoms with Gasteiger partial charge in [-0.15, -0.1) is 0 Å². The number of carbonyl (C=O) groups is 1. The predicted molar refractivity (Wildman–Crippen MR) is 78.3 cm³/mol. The van der Waals surface area contributed by atoms with E-state index in [2.05, 4.69) is 30.4 Å². The Kier molecular flexibility index (Phi) is 4.59. The molecule has 0 aromatic heterocycles. The lowest BCUT2D eigenvalue weighted by atomic mass is 9.96. The lowest BCUT2D eigenvalue weighted by Gasteiger charge is -2.34. The summed E-state index contributed by atoms with van der Waals surface area (Å²) in [5.74, 6) is 0.209. The van der Waals surface area contributed by atoms with Crippen molar-refractivity contribution in [2.24, 2.45) is 0 Å². The van der Waals surface area contributed by atoms with E-state index in [0.29, 0.717) is 6.04 Å². The molecule has 2 atom stereocenters. The number of likely N-dealkylation sites (N-methyl/N-ethyl adjacent to an activating group) is 1. The molecule has 1 aliphatic heterocycles. The van der Waals surface area contributed by atoms with Crippen molar-refractivity contribution in [3.8, 4) is 0 Å². The van der Waals surface area contributed by atoms with Crippen molar-refractivity contribution in [2.45, 2.75) is 38.6 Å². The van der Waals surface area contributed by atoms with E-state index in [0.717, 1.165) is 25.1 Å². The maximum absolute atomic E-state index is 12.6. The van der Waals surface area contributed by atoms with Gasteiger partial charge in [-0.1, -0.05) is 29.8 Å². The van der Waals surface area contributed by atoms with E-state index in [4.69, 9.17) is 0 Å². The number of rotatable bonds is 3. The topological polar surface area (TPSA) is 32.3 Å². The number of aryl methyl sites for hydroxylation is 1. The summed E-state index contributed by atoms with van der Waals surface area (Å²) in [7, 11) is 1.97. The summed E-state index contributed by atoms with van der Waals surface area (Å²) >= 11 is 0. The number of nitrogens with zero attached hydrogens (tertiary/aromatic N) is 1. The highest BCUT2D eigenvalue weighted by Gasteiger charge is 2.26. The molecule has 1 aliphatic rings. The number of hydrogen-bond donors (Lipinski definition) is 1. The third-order valence-corrected chi connectivity index (χ3v) is 4.05. The summed E-state index contributed by atoms with van der Waals surface area (Å²) in [6.07, 6.45) is 2.26. The van der Waals surface area contributed by atoms with E-state index in [9.17, 15) is 4.79 Å². The van der Waals surface area contributed by atoms with Crippen LogP contribution in [0.4, 0.5) is 0 Å². The minimum atomic E-state index is -0.0458. The van der Waals surface area contributed by atoms with Gasteiger partial charge < -0.3 is 10.2 Å². The highest BCUT2D eigenvalue weighted by molar-refractivity contribution is 5.83. The molecule has 3 nitrogen and oxygen atoms in total. The molecule has 1 saturated heterocycles. The fourth-order valence-corrected chi connectivity index (χ4v) is 2.77. The van der Waals surface area contributed by atoms with Crippen LogP contribution in [0.3, 0.4) is 0 Å². The molecule has 0 saturated carbocycles. The fourth-order valence-electron chi connectivity index (χ4n) is 2.77. The van der Waals surface area contributed by atoms with Gasteiger partial charge in [0.1, 0.15) is 0 Å². The molecule has 1 N–H and O–H groups in total. The number of piperidine rings is 1. The summed E-state index contributed by atoms with van der Waals surface area (Å²) in [4.78, 5) is 14.6. The molecule has 1 aromatic carbocycles. The summed E-state index contributed by atoms with van der Waals surface area (Å²) in [6.45, 7) is 5.82. The molecular formula is C16H24N2O. The van der Waals surface area contributed by atoms with Crippen LogP contribution in [0, 0.1) is 6.92 Å². The standard InChI is InChI=1S/C16H24N2O/c1-12-6-4-7-14(10-12)13(2)16(19)18-9-5-8-15(11-18)17-3/h4,6-7,10,13,15,17H,5,8-9,11H2,1-3H3. The van der Waals surface area contributed by atoms with Gasteiger partial charge >= 0.3 is 0 Å². The van der Waals surface area contributed by atoms with Gasteiger partial charge in [0, 0.05) is 19.1 Å². The van der Waals surface area contributed by atoms with Gasteiger partial charge in [0.2, 0.25) is 5.91 Å². The predicted octanol–water partition coefficient (Wildman–Crippen LogP) is 2.31. The van der Waals surface area contributed by atoms with Crippen molar-refractivity contribution in [3.05, 3.63) is 35.4 Å². The molecule has 3 heteroatoms. The van der Waals surface area contributed by atoms with Crippen molar-refractivity contribution in [1.29, 1.82) is 0 Å². The van der Waals surface area contributed by atoms with Crippen molar-refractivity contribution in [3.63, 3.8) is 0 Å². The maximum Gasteiger partial charge on any atom is 0.229 e. The Morgan fingerprint density at radius 3 is 2.95 bits per heavy atom. The molecule has 1 amide bonds. The molecule has 19 heavy (non-hydrogen) atoms. The Hall–Kier alpha value is -1.35. The smallest absolute Gasteiger partial charge is 0.229 e. The molecule has 0 radical (unpaired) electrons. The Labute approximate surface area is 116 Å². The monoisotopic (exact) mass is 260 g/mol. The van der Waals surface area contributed by atoms with Crippen LogP contribution in [0.1, 0.15) is 36.8 Å². The SMILES string of the molecule is CNC1CCCN(C(=O)C(C)c2cccc(C)c2)C1. The summed E-state index contributed by atoms with van der Waals surface area (Å²) in [5.41, 5.74) is 2.33. The highest BCUT2D eigenvalue weighted by Crippen LogP contribution is 2.21. The zero-order valence-corrected chi connectivity index (χ0v) is 12.1. The van der Waals surface area contributed by atoms with Gasteiger partial charge in [-0.05, 0) is 39.3 Å². The lowest BCUT2D eigenvalue weighted by Crippen LogP contribution is -2.48. The van der Waals surface area contributed by atoms with Crippen LogP contribution in [0.25, 0.3) is 0 Å². The molecule has 1 fully saturated rings.